The van der Waals surface area contributed by atoms with Gasteiger partial charge in [0.2, 0.25) is 0 Å². The summed E-state index contributed by atoms with van der Waals surface area (Å²) in [5, 5.41) is 3.59. The summed E-state index contributed by atoms with van der Waals surface area (Å²) in [6.45, 7) is 10.6. The van der Waals surface area contributed by atoms with Crippen molar-refractivity contribution in [3.05, 3.63) is 35.6 Å². The first-order valence-electron chi connectivity index (χ1n) is 7.99. The van der Waals surface area contributed by atoms with Crippen LogP contribution in [0.25, 0.3) is 0 Å². The Kier molecular flexibility index (Phi) is 5.39. The summed E-state index contributed by atoms with van der Waals surface area (Å²) >= 11 is 0. The highest BCUT2D eigenvalue weighted by atomic mass is 19.1. The van der Waals surface area contributed by atoms with E-state index in [1.54, 1.807) is 12.1 Å². The standard InChI is InChI=1S/C18H28FNO/c1-13(2)12-21-17-11-16(18(17,3)4)20-9-8-14-6-5-7-15(19)10-14/h5-7,10,13,16-17,20H,8-9,11-12H2,1-4H3. The van der Waals surface area contributed by atoms with Crippen LogP contribution in [-0.4, -0.2) is 25.3 Å². The van der Waals surface area contributed by atoms with E-state index in [0.29, 0.717) is 18.1 Å². The van der Waals surface area contributed by atoms with Crippen LogP contribution in [0, 0.1) is 17.2 Å². The summed E-state index contributed by atoms with van der Waals surface area (Å²) in [6, 6.07) is 7.34. The Morgan fingerprint density at radius 3 is 2.76 bits per heavy atom. The van der Waals surface area contributed by atoms with Gasteiger partial charge in [-0.05, 0) is 43.0 Å². The van der Waals surface area contributed by atoms with Crippen LogP contribution in [-0.2, 0) is 11.2 Å². The fourth-order valence-corrected chi connectivity index (χ4v) is 2.91. The van der Waals surface area contributed by atoms with Crippen LogP contribution in [0.1, 0.15) is 39.7 Å². The first kappa shape index (κ1) is 16.4. The molecule has 1 aliphatic rings. The lowest BCUT2D eigenvalue weighted by molar-refractivity contribution is -0.123. The summed E-state index contributed by atoms with van der Waals surface area (Å²) in [7, 11) is 0. The van der Waals surface area contributed by atoms with Crippen LogP contribution < -0.4 is 5.32 Å². The van der Waals surface area contributed by atoms with Crippen molar-refractivity contribution in [1.29, 1.82) is 0 Å². The van der Waals surface area contributed by atoms with E-state index in [9.17, 15) is 4.39 Å². The van der Waals surface area contributed by atoms with Gasteiger partial charge in [-0.15, -0.1) is 0 Å². The third-order valence-corrected chi connectivity index (χ3v) is 4.50. The number of nitrogens with one attached hydrogen (secondary N) is 1. The Bertz CT molecular complexity index is 458. The van der Waals surface area contributed by atoms with Gasteiger partial charge in [-0.2, -0.15) is 0 Å². The lowest BCUT2D eigenvalue weighted by Crippen LogP contribution is -2.61. The number of hydrogen-bond donors (Lipinski definition) is 1. The van der Waals surface area contributed by atoms with Gasteiger partial charge >= 0.3 is 0 Å². The van der Waals surface area contributed by atoms with Crippen LogP contribution in [0.4, 0.5) is 4.39 Å². The number of ether oxygens (including phenoxy) is 1. The van der Waals surface area contributed by atoms with Gasteiger partial charge in [0, 0.05) is 18.1 Å². The van der Waals surface area contributed by atoms with Crippen molar-refractivity contribution < 1.29 is 9.13 Å². The van der Waals surface area contributed by atoms with Crippen molar-refractivity contribution in [3.8, 4) is 0 Å². The third-order valence-electron chi connectivity index (χ3n) is 4.50. The maximum absolute atomic E-state index is 13.1. The smallest absolute Gasteiger partial charge is 0.123 e. The molecule has 1 N–H and O–H groups in total. The van der Waals surface area contributed by atoms with E-state index in [1.165, 1.54) is 6.07 Å². The number of benzene rings is 1. The van der Waals surface area contributed by atoms with Gasteiger partial charge in [0.25, 0.3) is 0 Å². The van der Waals surface area contributed by atoms with Crippen molar-refractivity contribution in [1.82, 2.24) is 5.32 Å². The molecule has 1 aromatic rings. The zero-order valence-electron chi connectivity index (χ0n) is 13.7. The Labute approximate surface area is 128 Å². The molecule has 2 atom stereocenters. The molecular weight excluding hydrogens is 265 g/mol. The summed E-state index contributed by atoms with van der Waals surface area (Å²) in [4.78, 5) is 0. The largest absolute Gasteiger partial charge is 0.377 e. The Morgan fingerprint density at radius 2 is 2.14 bits per heavy atom. The average Bonchev–Trinajstić information content (AvgIpc) is 2.40. The lowest BCUT2D eigenvalue weighted by atomic mass is 9.64. The average molecular weight is 293 g/mol. The van der Waals surface area contributed by atoms with Gasteiger partial charge in [-0.1, -0.05) is 39.8 Å². The predicted octanol–water partition coefficient (Wildman–Crippen LogP) is 3.80. The second-order valence-electron chi connectivity index (χ2n) is 7.16. The fourth-order valence-electron chi connectivity index (χ4n) is 2.91. The van der Waals surface area contributed by atoms with Gasteiger partial charge in [-0.3, -0.25) is 0 Å². The van der Waals surface area contributed by atoms with Crippen LogP contribution >= 0.6 is 0 Å². The highest BCUT2D eigenvalue weighted by molar-refractivity contribution is 5.16. The highest BCUT2D eigenvalue weighted by Gasteiger charge is 2.48. The molecular formula is C18H28FNO. The van der Waals surface area contributed by atoms with Gasteiger partial charge in [0.05, 0.1) is 6.10 Å². The normalized spacial score (nSPS) is 24.1. The molecule has 1 aromatic carbocycles. The SMILES string of the molecule is CC(C)COC1CC(NCCc2cccc(F)c2)C1(C)C. The topological polar surface area (TPSA) is 21.3 Å². The molecule has 1 aliphatic carbocycles. The third kappa shape index (κ3) is 4.27. The van der Waals surface area contributed by atoms with E-state index in [1.807, 2.05) is 6.07 Å². The summed E-state index contributed by atoms with van der Waals surface area (Å²) in [5.74, 6) is 0.430. The van der Waals surface area contributed by atoms with Crippen molar-refractivity contribution >= 4 is 0 Å². The molecule has 0 amide bonds. The molecule has 0 radical (unpaired) electrons. The van der Waals surface area contributed by atoms with Crippen LogP contribution in [0.5, 0.6) is 0 Å². The minimum absolute atomic E-state index is 0.154. The van der Waals surface area contributed by atoms with E-state index in [2.05, 4.69) is 33.0 Å². The quantitative estimate of drug-likeness (QED) is 0.825. The number of rotatable bonds is 7. The van der Waals surface area contributed by atoms with Crippen LogP contribution in [0.2, 0.25) is 0 Å². The number of halogens is 1. The molecule has 2 nitrogen and oxygen atoms in total. The minimum Gasteiger partial charge on any atom is -0.377 e. The van der Waals surface area contributed by atoms with Crippen molar-refractivity contribution in [2.24, 2.45) is 11.3 Å². The molecule has 1 fully saturated rings. The molecule has 0 spiro atoms. The fraction of sp³-hybridized carbons (Fsp3) is 0.667. The van der Waals surface area contributed by atoms with E-state index in [0.717, 1.165) is 31.6 Å². The van der Waals surface area contributed by atoms with Crippen molar-refractivity contribution in [2.75, 3.05) is 13.2 Å². The van der Waals surface area contributed by atoms with E-state index < -0.39 is 0 Å². The zero-order chi connectivity index (χ0) is 15.5. The zero-order valence-corrected chi connectivity index (χ0v) is 13.7. The van der Waals surface area contributed by atoms with Crippen molar-refractivity contribution in [3.63, 3.8) is 0 Å². The molecule has 118 valence electrons. The summed E-state index contributed by atoms with van der Waals surface area (Å²) in [6.07, 6.45) is 2.29. The lowest BCUT2D eigenvalue weighted by Gasteiger charge is -2.52. The Balaban J connectivity index is 1.73. The second-order valence-corrected chi connectivity index (χ2v) is 7.16. The minimum atomic E-state index is -0.154. The Morgan fingerprint density at radius 1 is 1.38 bits per heavy atom. The molecule has 3 heteroatoms. The summed E-state index contributed by atoms with van der Waals surface area (Å²) < 4.78 is 19.1. The molecule has 2 unspecified atom stereocenters. The van der Waals surface area contributed by atoms with E-state index >= 15 is 0 Å². The molecule has 0 aliphatic heterocycles. The molecule has 1 saturated carbocycles. The monoisotopic (exact) mass is 293 g/mol. The number of hydrogen-bond acceptors (Lipinski definition) is 2. The molecule has 2 rings (SSSR count). The first-order valence-corrected chi connectivity index (χ1v) is 7.99. The molecule has 0 aromatic heterocycles. The maximum atomic E-state index is 13.1. The van der Waals surface area contributed by atoms with Crippen molar-refractivity contribution in [2.45, 2.75) is 52.7 Å². The molecule has 0 bridgehead atoms. The second kappa shape index (κ2) is 6.89. The Hall–Kier alpha value is -0.930. The van der Waals surface area contributed by atoms with Gasteiger partial charge < -0.3 is 10.1 Å². The van der Waals surface area contributed by atoms with E-state index in [-0.39, 0.29) is 11.2 Å². The van der Waals surface area contributed by atoms with Gasteiger partial charge in [-0.25, -0.2) is 4.39 Å². The van der Waals surface area contributed by atoms with Gasteiger partial charge in [0.15, 0.2) is 0 Å². The van der Waals surface area contributed by atoms with Gasteiger partial charge in [0.1, 0.15) is 5.82 Å². The van der Waals surface area contributed by atoms with Crippen LogP contribution in [0.3, 0.4) is 0 Å². The molecule has 0 heterocycles. The highest BCUT2D eigenvalue weighted by Crippen LogP contribution is 2.42. The molecule has 21 heavy (non-hydrogen) atoms. The predicted molar refractivity (Wildman–Crippen MR) is 84.9 cm³/mol. The van der Waals surface area contributed by atoms with E-state index in [4.69, 9.17) is 4.74 Å². The molecule has 0 saturated heterocycles. The first-order chi connectivity index (χ1) is 9.89. The maximum Gasteiger partial charge on any atom is 0.123 e. The summed E-state index contributed by atoms with van der Waals surface area (Å²) in [5.41, 5.74) is 1.23. The van der Waals surface area contributed by atoms with Crippen LogP contribution in [0.15, 0.2) is 24.3 Å².